The summed E-state index contributed by atoms with van der Waals surface area (Å²) >= 11 is 1.59. The van der Waals surface area contributed by atoms with Gasteiger partial charge >= 0.3 is 0 Å². The Hall–Kier alpha value is -2.92. The molecular formula is C23H24N6O2S2. The van der Waals surface area contributed by atoms with Crippen LogP contribution in [0.15, 0.2) is 61.1 Å². The maximum Gasteiger partial charge on any atom is 0.211 e. The molecule has 0 radical (unpaired) electrons. The van der Waals surface area contributed by atoms with E-state index in [0.717, 1.165) is 57.5 Å². The van der Waals surface area contributed by atoms with Gasteiger partial charge < -0.3 is 5.32 Å². The molecule has 1 aliphatic heterocycles. The summed E-state index contributed by atoms with van der Waals surface area (Å²) in [6.45, 7) is 3.25. The normalized spacial score (nSPS) is 15.7. The zero-order chi connectivity index (χ0) is 22.8. The van der Waals surface area contributed by atoms with Crippen molar-refractivity contribution in [1.82, 2.24) is 24.2 Å². The summed E-state index contributed by atoms with van der Waals surface area (Å²) in [6.07, 6.45) is 6.65. The standard InChI is InChI=1S/C23H24N6O2S2/c1-33(30,31)29-12-10-28(11-13-29)16-17-4-9-25-22(14-17)27-23-26-20-3-2-19(15-21(20)32-23)18-5-7-24-8-6-18/h2-9,14-15H,10-13,16H2,1H3,(H,25,26,27). The largest absolute Gasteiger partial charge is 0.316 e. The Bertz CT molecular complexity index is 1370. The van der Waals surface area contributed by atoms with E-state index in [1.807, 2.05) is 30.3 Å². The van der Waals surface area contributed by atoms with Gasteiger partial charge in [0.2, 0.25) is 10.0 Å². The van der Waals surface area contributed by atoms with Gasteiger partial charge in [-0.25, -0.2) is 18.4 Å². The third-order valence-corrected chi connectivity index (χ3v) is 7.90. The van der Waals surface area contributed by atoms with Gasteiger partial charge in [0.1, 0.15) is 5.82 Å². The topological polar surface area (TPSA) is 91.3 Å². The SMILES string of the molecule is CS(=O)(=O)N1CCN(Cc2ccnc(Nc3nc4ccc(-c5ccncc5)cc4s3)c2)CC1. The van der Waals surface area contributed by atoms with E-state index in [1.165, 1.54) is 10.6 Å². The van der Waals surface area contributed by atoms with Crippen molar-refractivity contribution in [3.8, 4) is 11.1 Å². The second kappa shape index (κ2) is 9.14. The van der Waals surface area contributed by atoms with Crippen molar-refractivity contribution in [2.24, 2.45) is 0 Å². The zero-order valence-electron chi connectivity index (χ0n) is 18.2. The number of benzene rings is 1. The molecule has 0 amide bonds. The second-order valence-electron chi connectivity index (χ2n) is 8.05. The van der Waals surface area contributed by atoms with Crippen molar-refractivity contribution in [2.75, 3.05) is 37.8 Å². The summed E-state index contributed by atoms with van der Waals surface area (Å²) in [5.74, 6) is 0.746. The smallest absolute Gasteiger partial charge is 0.211 e. The van der Waals surface area contributed by atoms with E-state index in [-0.39, 0.29) is 0 Å². The number of anilines is 2. The third-order valence-electron chi connectivity index (χ3n) is 5.67. The molecule has 0 spiro atoms. The highest BCUT2D eigenvalue weighted by atomic mass is 32.2. The van der Waals surface area contributed by atoms with Crippen LogP contribution in [0.1, 0.15) is 5.56 Å². The fraction of sp³-hybridized carbons (Fsp3) is 0.261. The molecule has 0 bridgehead atoms. The van der Waals surface area contributed by atoms with Crippen molar-refractivity contribution in [2.45, 2.75) is 6.54 Å². The first kappa shape index (κ1) is 21.9. The van der Waals surface area contributed by atoms with Gasteiger partial charge in [0.25, 0.3) is 0 Å². The maximum atomic E-state index is 11.7. The Balaban J connectivity index is 1.27. The monoisotopic (exact) mass is 480 g/mol. The van der Waals surface area contributed by atoms with Crippen LogP contribution in [0, 0.1) is 0 Å². The fourth-order valence-corrected chi connectivity index (χ4v) is 5.67. The third kappa shape index (κ3) is 5.19. The number of hydrogen-bond donors (Lipinski definition) is 1. The van der Waals surface area contributed by atoms with Crippen LogP contribution in [0.4, 0.5) is 10.9 Å². The van der Waals surface area contributed by atoms with Crippen molar-refractivity contribution >= 4 is 42.5 Å². The molecule has 8 nitrogen and oxygen atoms in total. The number of fused-ring (bicyclic) bond motifs is 1. The highest BCUT2D eigenvalue weighted by molar-refractivity contribution is 7.88. The van der Waals surface area contributed by atoms with Crippen molar-refractivity contribution < 1.29 is 8.42 Å². The van der Waals surface area contributed by atoms with Crippen LogP contribution in [0.2, 0.25) is 0 Å². The molecule has 3 aromatic heterocycles. The number of hydrogen-bond acceptors (Lipinski definition) is 8. The highest BCUT2D eigenvalue weighted by Gasteiger charge is 2.23. The molecule has 4 aromatic rings. The van der Waals surface area contributed by atoms with Gasteiger partial charge in [0, 0.05) is 51.3 Å². The molecule has 1 aromatic carbocycles. The molecule has 0 atom stereocenters. The van der Waals surface area contributed by atoms with Gasteiger partial charge in [0.05, 0.1) is 16.5 Å². The number of sulfonamides is 1. The summed E-state index contributed by atoms with van der Waals surface area (Å²) in [6, 6.07) is 14.3. The lowest BCUT2D eigenvalue weighted by Crippen LogP contribution is -2.47. The Kier molecular flexibility index (Phi) is 6.07. The molecule has 5 rings (SSSR count). The first-order valence-electron chi connectivity index (χ1n) is 10.6. The molecule has 0 saturated carbocycles. The first-order chi connectivity index (χ1) is 15.9. The lowest BCUT2D eigenvalue weighted by molar-refractivity contribution is 0.182. The Morgan fingerprint density at radius 1 is 0.970 bits per heavy atom. The second-order valence-corrected chi connectivity index (χ2v) is 11.1. The van der Waals surface area contributed by atoms with Crippen molar-refractivity contribution in [1.29, 1.82) is 0 Å². The average Bonchev–Trinajstić information content (AvgIpc) is 3.21. The molecule has 4 heterocycles. The Labute approximate surface area is 197 Å². The van der Waals surface area contributed by atoms with Gasteiger partial charge in [0.15, 0.2) is 5.13 Å². The Morgan fingerprint density at radius 3 is 2.52 bits per heavy atom. The lowest BCUT2D eigenvalue weighted by atomic mass is 10.1. The summed E-state index contributed by atoms with van der Waals surface area (Å²) in [7, 11) is -3.12. The van der Waals surface area contributed by atoms with E-state index < -0.39 is 10.0 Å². The Morgan fingerprint density at radius 2 is 1.76 bits per heavy atom. The first-order valence-corrected chi connectivity index (χ1v) is 13.3. The van der Waals surface area contributed by atoms with E-state index in [2.05, 4.69) is 32.3 Å². The average molecular weight is 481 g/mol. The summed E-state index contributed by atoms with van der Waals surface area (Å²) in [4.78, 5) is 15.5. The molecule has 1 N–H and O–H groups in total. The minimum atomic E-state index is -3.12. The predicted molar refractivity (Wildman–Crippen MR) is 132 cm³/mol. The van der Waals surface area contributed by atoms with E-state index in [4.69, 9.17) is 4.98 Å². The van der Waals surface area contributed by atoms with Crippen molar-refractivity contribution in [3.63, 3.8) is 0 Å². The number of aromatic nitrogens is 3. The molecule has 10 heteroatoms. The predicted octanol–water partition coefficient (Wildman–Crippen LogP) is 3.57. The maximum absolute atomic E-state index is 11.7. The van der Waals surface area contributed by atoms with Gasteiger partial charge in [-0.3, -0.25) is 9.88 Å². The van der Waals surface area contributed by atoms with Gasteiger partial charge in [-0.15, -0.1) is 0 Å². The van der Waals surface area contributed by atoms with Crippen LogP contribution in [-0.4, -0.2) is 65.0 Å². The van der Waals surface area contributed by atoms with E-state index in [1.54, 1.807) is 29.9 Å². The number of piperazine rings is 1. The number of thiazole rings is 1. The molecule has 0 aliphatic carbocycles. The zero-order valence-corrected chi connectivity index (χ0v) is 19.8. The molecule has 170 valence electrons. The van der Waals surface area contributed by atoms with Gasteiger partial charge in [-0.05, 0) is 53.1 Å². The van der Waals surface area contributed by atoms with E-state index in [0.29, 0.717) is 13.1 Å². The molecule has 33 heavy (non-hydrogen) atoms. The van der Waals surface area contributed by atoms with Crippen LogP contribution < -0.4 is 5.32 Å². The van der Waals surface area contributed by atoms with E-state index >= 15 is 0 Å². The lowest BCUT2D eigenvalue weighted by Gasteiger charge is -2.33. The van der Waals surface area contributed by atoms with Crippen molar-refractivity contribution in [3.05, 3.63) is 66.6 Å². The van der Waals surface area contributed by atoms with Crippen LogP contribution in [0.5, 0.6) is 0 Å². The van der Waals surface area contributed by atoms with Crippen LogP contribution in [0.3, 0.4) is 0 Å². The summed E-state index contributed by atoms with van der Waals surface area (Å²) in [5, 5.41) is 4.13. The highest BCUT2D eigenvalue weighted by Crippen LogP contribution is 2.31. The molecular weight excluding hydrogens is 456 g/mol. The van der Waals surface area contributed by atoms with Crippen LogP contribution >= 0.6 is 11.3 Å². The quantitative estimate of drug-likeness (QED) is 0.451. The number of pyridine rings is 2. The molecule has 1 fully saturated rings. The minimum absolute atomic E-state index is 0.530. The van der Waals surface area contributed by atoms with Gasteiger partial charge in [-0.2, -0.15) is 4.31 Å². The fourth-order valence-electron chi connectivity index (χ4n) is 3.93. The minimum Gasteiger partial charge on any atom is -0.316 e. The van der Waals surface area contributed by atoms with Crippen LogP contribution in [0.25, 0.3) is 21.3 Å². The number of nitrogens with zero attached hydrogens (tertiary/aromatic N) is 5. The van der Waals surface area contributed by atoms with E-state index in [9.17, 15) is 8.42 Å². The summed E-state index contributed by atoms with van der Waals surface area (Å²) < 4.78 is 26.1. The number of nitrogens with one attached hydrogen (secondary N) is 1. The summed E-state index contributed by atoms with van der Waals surface area (Å²) in [5.41, 5.74) is 4.33. The number of rotatable bonds is 6. The molecule has 1 aliphatic rings. The van der Waals surface area contributed by atoms with Gasteiger partial charge in [-0.1, -0.05) is 17.4 Å². The molecule has 1 saturated heterocycles. The molecule has 0 unspecified atom stereocenters. The van der Waals surface area contributed by atoms with Crippen LogP contribution in [-0.2, 0) is 16.6 Å².